The smallest absolute Gasteiger partial charge is 0.222 e. The van der Waals surface area contributed by atoms with Crippen molar-refractivity contribution in [3.63, 3.8) is 0 Å². The van der Waals surface area contributed by atoms with Crippen LogP contribution in [0.4, 0.5) is 0 Å². The van der Waals surface area contributed by atoms with E-state index in [-0.39, 0.29) is 17.7 Å². The molecular weight excluding hydrogens is 194 g/mol. The minimum absolute atomic E-state index is 0.0535. The summed E-state index contributed by atoms with van der Waals surface area (Å²) < 4.78 is 5.18. The lowest BCUT2D eigenvalue weighted by Crippen LogP contribution is -2.38. The highest BCUT2D eigenvalue weighted by atomic mass is 16.5. The van der Waals surface area contributed by atoms with Crippen molar-refractivity contribution in [2.45, 2.75) is 46.1 Å². The lowest BCUT2D eigenvalue weighted by Gasteiger charge is -2.11. The number of amides is 1. The van der Waals surface area contributed by atoms with Gasteiger partial charge in [0.1, 0.15) is 0 Å². The van der Waals surface area contributed by atoms with Crippen LogP contribution in [0.5, 0.6) is 0 Å². The first kappa shape index (κ1) is 14.1. The van der Waals surface area contributed by atoms with Crippen LogP contribution < -0.4 is 5.32 Å². The van der Waals surface area contributed by atoms with Gasteiger partial charge in [0.15, 0.2) is 5.78 Å². The molecule has 1 unspecified atom stereocenters. The molecule has 0 aliphatic carbocycles. The summed E-state index contributed by atoms with van der Waals surface area (Å²) in [5.74, 6) is -0.0711. The van der Waals surface area contributed by atoms with E-state index in [0.717, 1.165) is 6.42 Å². The molecule has 0 aromatic heterocycles. The summed E-state index contributed by atoms with van der Waals surface area (Å²) in [5, 5.41) is 2.64. The first-order valence-corrected chi connectivity index (χ1v) is 5.51. The Morgan fingerprint density at radius 1 is 1.27 bits per heavy atom. The predicted octanol–water partition coefficient (Wildman–Crippen LogP) is 1.29. The van der Waals surface area contributed by atoms with Gasteiger partial charge in [0, 0.05) is 19.4 Å². The number of hydrogen-bond donors (Lipinski definition) is 1. The van der Waals surface area contributed by atoms with Crippen molar-refractivity contribution in [3.05, 3.63) is 0 Å². The Morgan fingerprint density at radius 2 is 1.93 bits per heavy atom. The minimum atomic E-state index is -0.381. The van der Waals surface area contributed by atoms with Crippen LogP contribution in [0.3, 0.4) is 0 Å². The van der Waals surface area contributed by atoms with Crippen LogP contribution in [0.15, 0.2) is 0 Å². The summed E-state index contributed by atoms with van der Waals surface area (Å²) in [4.78, 5) is 22.5. The molecule has 1 atom stereocenters. The number of carbonyl (C=O) groups excluding carboxylic acids is 2. The van der Waals surface area contributed by atoms with Gasteiger partial charge in [-0.25, -0.2) is 0 Å². The summed E-state index contributed by atoms with van der Waals surface area (Å²) in [7, 11) is 0. The van der Waals surface area contributed by atoms with Gasteiger partial charge in [-0.05, 0) is 13.3 Å². The Balaban J connectivity index is 3.60. The Hall–Kier alpha value is -0.900. The van der Waals surface area contributed by atoms with Crippen molar-refractivity contribution < 1.29 is 14.3 Å². The van der Waals surface area contributed by atoms with E-state index in [1.807, 2.05) is 6.92 Å². The molecule has 1 amide bonds. The van der Waals surface area contributed by atoms with Gasteiger partial charge in [-0.15, -0.1) is 0 Å². The third kappa shape index (κ3) is 7.08. The zero-order valence-corrected chi connectivity index (χ0v) is 9.84. The fourth-order valence-corrected chi connectivity index (χ4v) is 1.11. The van der Waals surface area contributed by atoms with Crippen molar-refractivity contribution >= 4 is 11.7 Å². The first-order chi connectivity index (χ1) is 7.11. The van der Waals surface area contributed by atoms with E-state index in [2.05, 4.69) is 5.32 Å². The summed E-state index contributed by atoms with van der Waals surface area (Å²) in [6.45, 7) is 6.61. The lowest BCUT2D eigenvalue weighted by molar-refractivity contribution is -0.127. The van der Waals surface area contributed by atoms with Gasteiger partial charge >= 0.3 is 0 Å². The van der Waals surface area contributed by atoms with Gasteiger partial charge in [-0.3, -0.25) is 9.59 Å². The number of hydrogen-bond acceptors (Lipinski definition) is 3. The van der Waals surface area contributed by atoms with Crippen LogP contribution in [0, 0.1) is 0 Å². The molecule has 4 heteroatoms. The third-order valence-electron chi connectivity index (χ3n) is 2.03. The van der Waals surface area contributed by atoms with Gasteiger partial charge in [0.05, 0.1) is 12.6 Å². The highest BCUT2D eigenvalue weighted by Gasteiger charge is 2.12. The molecule has 15 heavy (non-hydrogen) atoms. The van der Waals surface area contributed by atoms with Crippen LogP contribution >= 0.6 is 0 Å². The van der Waals surface area contributed by atoms with Gasteiger partial charge in [0.25, 0.3) is 0 Å². The molecule has 0 fully saturated rings. The van der Waals surface area contributed by atoms with Crippen molar-refractivity contribution in [1.29, 1.82) is 0 Å². The summed E-state index contributed by atoms with van der Waals surface area (Å²) in [6, 6.07) is -0.381. The third-order valence-corrected chi connectivity index (χ3v) is 2.03. The van der Waals surface area contributed by atoms with E-state index in [1.54, 1.807) is 13.8 Å². The van der Waals surface area contributed by atoms with Crippen molar-refractivity contribution in [2.24, 2.45) is 0 Å². The summed E-state index contributed by atoms with van der Waals surface area (Å²) in [5.41, 5.74) is 0. The summed E-state index contributed by atoms with van der Waals surface area (Å²) >= 11 is 0. The van der Waals surface area contributed by atoms with Crippen molar-refractivity contribution in [1.82, 2.24) is 5.32 Å². The van der Waals surface area contributed by atoms with E-state index >= 15 is 0 Å². The molecule has 0 aromatic rings. The largest absolute Gasteiger partial charge is 0.381 e. The first-order valence-electron chi connectivity index (χ1n) is 5.51. The van der Waals surface area contributed by atoms with E-state index in [1.165, 1.54) is 0 Å². The average Bonchev–Trinajstić information content (AvgIpc) is 2.23. The zero-order chi connectivity index (χ0) is 11.7. The number of rotatable bonds is 8. The Morgan fingerprint density at radius 3 is 2.47 bits per heavy atom. The molecule has 0 radical (unpaired) electrons. The lowest BCUT2D eigenvalue weighted by atomic mass is 10.1. The standard InChI is InChI=1S/C11H21NO3/c1-4-7-15-8-6-11(14)12-9(3)10(13)5-2/h9H,4-8H2,1-3H3,(H,12,14). The number of carbonyl (C=O) groups is 2. The second-order valence-electron chi connectivity index (χ2n) is 3.47. The fourth-order valence-electron chi connectivity index (χ4n) is 1.11. The highest BCUT2D eigenvalue weighted by Crippen LogP contribution is 1.92. The van der Waals surface area contributed by atoms with Crippen LogP contribution in [0.25, 0.3) is 0 Å². The van der Waals surface area contributed by atoms with Gasteiger partial charge in [0.2, 0.25) is 5.91 Å². The van der Waals surface area contributed by atoms with Crippen LogP contribution in [0.1, 0.15) is 40.0 Å². The Bertz CT molecular complexity index is 204. The Kier molecular flexibility index (Phi) is 7.91. The van der Waals surface area contributed by atoms with Crippen LogP contribution in [0.2, 0.25) is 0 Å². The second kappa shape index (κ2) is 8.41. The minimum Gasteiger partial charge on any atom is -0.381 e. The molecule has 1 N–H and O–H groups in total. The molecule has 88 valence electrons. The number of nitrogens with one attached hydrogen (secondary N) is 1. The van der Waals surface area contributed by atoms with Gasteiger partial charge < -0.3 is 10.1 Å². The van der Waals surface area contributed by atoms with Gasteiger partial charge in [-0.2, -0.15) is 0 Å². The van der Waals surface area contributed by atoms with Crippen LogP contribution in [-0.2, 0) is 14.3 Å². The zero-order valence-electron chi connectivity index (χ0n) is 9.84. The van der Waals surface area contributed by atoms with E-state index in [9.17, 15) is 9.59 Å². The molecule has 0 rings (SSSR count). The highest BCUT2D eigenvalue weighted by molar-refractivity contribution is 5.88. The molecule has 0 aromatic carbocycles. The van der Waals surface area contributed by atoms with Gasteiger partial charge in [-0.1, -0.05) is 13.8 Å². The van der Waals surface area contributed by atoms with E-state index in [4.69, 9.17) is 4.74 Å². The van der Waals surface area contributed by atoms with Crippen molar-refractivity contribution in [3.8, 4) is 0 Å². The molecule has 0 aliphatic rings. The molecule has 4 nitrogen and oxygen atoms in total. The maximum atomic E-state index is 11.3. The van der Waals surface area contributed by atoms with Crippen molar-refractivity contribution in [2.75, 3.05) is 13.2 Å². The number of ether oxygens (including phenoxy) is 1. The maximum Gasteiger partial charge on any atom is 0.222 e. The topological polar surface area (TPSA) is 55.4 Å². The monoisotopic (exact) mass is 215 g/mol. The van der Waals surface area contributed by atoms with Crippen LogP contribution in [-0.4, -0.2) is 30.9 Å². The maximum absolute atomic E-state index is 11.3. The molecule has 0 bridgehead atoms. The molecular formula is C11H21NO3. The molecule has 0 saturated heterocycles. The number of Topliss-reactive ketones (excluding diaryl/α,β-unsaturated/α-hetero) is 1. The number of ketones is 1. The SMILES string of the molecule is CCCOCCC(=O)NC(C)C(=O)CC. The molecule has 0 saturated carbocycles. The fraction of sp³-hybridized carbons (Fsp3) is 0.818. The van der Waals surface area contributed by atoms with E-state index in [0.29, 0.717) is 26.1 Å². The average molecular weight is 215 g/mol. The quantitative estimate of drug-likeness (QED) is 0.621. The summed E-state index contributed by atoms with van der Waals surface area (Å²) in [6.07, 6.45) is 1.72. The predicted molar refractivity (Wildman–Crippen MR) is 58.6 cm³/mol. The molecule has 0 spiro atoms. The van der Waals surface area contributed by atoms with E-state index < -0.39 is 0 Å². The Labute approximate surface area is 91.4 Å². The normalized spacial score (nSPS) is 12.2. The molecule has 0 heterocycles. The second-order valence-corrected chi connectivity index (χ2v) is 3.47. The molecule has 0 aliphatic heterocycles.